The van der Waals surface area contributed by atoms with Gasteiger partial charge in [-0.15, -0.1) is 0 Å². The second-order valence-corrected chi connectivity index (χ2v) is 16.1. The minimum absolute atomic E-state index is 0.171. The third-order valence-corrected chi connectivity index (χ3v) is 13.5. The van der Waals surface area contributed by atoms with Crippen LogP contribution in [0.1, 0.15) is 58.2 Å². The number of allylic oxidation sites excluding steroid dienone is 8. The van der Waals surface area contributed by atoms with Gasteiger partial charge < -0.3 is 0 Å². The first-order valence-corrected chi connectivity index (χ1v) is 20.2. The van der Waals surface area contributed by atoms with Gasteiger partial charge in [-0.05, 0) is 85.5 Å². The molecule has 4 atom stereocenters. The Hall–Kier alpha value is -6.51. The summed E-state index contributed by atoms with van der Waals surface area (Å²) in [7, 11) is 0. The van der Waals surface area contributed by atoms with Gasteiger partial charge in [-0.3, -0.25) is 4.68 Å². The molecule has 7 aromatic rings. The molecule has 4 unspecified atom stereocenters. The first-order valence-electron chi connectivity index (χ1n) is 20.2. The monoisotopic (exact) mass is 716 g/mol. The van der Waals surface area contributed by atoms with Crippen molar-refractivity contribution in [3.05, 3.63) is 228 Å². The zero-order valence-electron chi connectivity index (χ0n) is 31.1. The molecule has 0 radical (unpaired) electrons. The molecule has 0 N–H and O–H groups in total. The number of rotatable bonds is 4. The Labute approximate surface area is 328 Å². The molecule has 266 valence electrons. The summed E-state index contributed by atoms with van der Waals surface area (Å²) in [4.78, 5) is 0. The van der Waals surface area contributed by atoms with Crippen LogP contribution in [-0.4, -0.2) is 9.78 Å². The molecule has 0 bridgehead atoms. The number of hydrogen-bond acceptors (Lipinski definition) is 1. The molecule has 2 heterocycles. The first kappa shape index (κ1) is 31.8. The Morgan fingerprint density at radius 2 is 1.14 bits per heavy atom. The maximum Gasteiger partial charge on any atom is 0.0767 e. The van der Waals surface area contributed by atoms with E-state index in [9.17, 15) is 0 Å². The fourth-order valence-corrected chi connectivity index (χ4v) is 11.4. The Kier molecular flexibility index (Phi) is 6.96. The van der Waals surface area contributed by atoms with E-state index >= 15 is 0 Å². The lowest BCUT2D eigenvalue weighted by atomic mass is 9.67. The van der Waals surface area contributed by atoms with E-state index in [2.05, 4.69) is 199 Å². The summed E-state index contributed by atoms with van der Waals surface area (Å²) in [5.41, 5.74) is 19.8. The zero-order valence-corrected chi connectivity index (χ0v) is 31.1. The fraction of sp³-hybridized carbons (Fsp3) is 0.130. The average molecular weight is 717 g/mol. The van der Waals surface area contributed by atoms with E-state index in [0.29, 0.717) is 5.92 Å². The van der Waals surface area contributed by atoms with Crippen LogP contribution < -0.4 is 0 Å². The van der Waals surface area contributed by atoms with Crippen LogP contribution in [0.25, 0.3) is 50.2 Å². The van der Waals surface area contributed by atoms with Crippen LogP contribution in [0.15, 0.2) is 194 Å². The maximum atomic E-state index is 5.28. The van der Waals surface area contributed by atoms with Crippen molar-refractivity contribution < 1.29 is 0 Å². The molecule has 6 aromatic carbocycles. The smallest absolute Gasteiger partial charge is 0.0767 e. The van der Waals surface area contributed by atoms with Crippen LogP contribution in [0.5, 0.6) is 0 Å². The average Bonchev–Trinajstić information content (AvgIpc) is 3.94. The third kappa shape index (κ3) is 4.30. The van der Waals surface area contributed by atoms with Crippen molar-refractivity contribution in [2.24, 2.45) is 11.8 Å². The molecule has 2 heteroatoms. The molecule has 0 saturated carbocycles. The Morgan fingerprint density at radius 1 is 0.518 bits per heavy atom. The molecule has 2 nitrogen and oxygen atoms in total. The van der Waals surface area contributed by atoms with E-state index in [1.807, 2.05) is 0 Å². The predicted molar refractivity (Wildman–Crippen MR) is 229 cm³/mol. The van der Waals surface area contributed by atoms with E-state index in [4.69, 9.17) is 5.10 Å². The van der Waals surface area contributed by atoms with Gasteiger partial charge in [-0.25, -0.2) is 0 Å². The van der Waals surface area contributed by atoms with Crippen LogP contribution in [0.3, 0.4) is 0 Å². The van der Waals surface area contributed by atoms with Crippen LogP contribution in [0, 0.1) is 11.8 Å². The number of benzene rings is 6. The molecule has 12 rings (SSSR count). The Bertz CT molecular complexity index is 2800. The summed E-state index contributed by atoms with van der Waals surface area (Å²) in [5, 5.41) is 5.28. The molecule has 0 fully saturated rings. The van der Waals surface area contributed by atoms with Crippen LogP contribution in [0.2, 0.25) is 0 Å². The quantitative estimate of drug-likeness (QED) is 0.177. The van der Waals surface area contributed by atoms with E-state index in [1.165, 1.54) is 83.6 Å². The minimum atomic E-state index is -0.346. The summed E-state index contributed by atoms with van der Waals surface area (Å²) in [6, 6.07) is 54.7. The van der Waals surface area contributed by atoms with Crippen molar-refractivity contribution >= 4 is 5.57 Å². The highest BCUT2D eigenvalue weighted by molar-refractivity contribution is 5.98. The van der Waals surface area contributed by atoms with Crippen molar-refractivity contribution in [2.45, 2.75) is 30.2 Å². The van der Waals surface area contributed by atoms with Gasteiger partial charge in [0.25, 0.3) is 0 Å². The van der Waals surface area contributed by atoms with E-state index in [1.54, 1.807) is 0 Å². The summed E-state index contributed by atoms with van der Waals surface area (Å²) >= 11 is 0. The topological polar surface area (TPSA) is 17.8 Å². The van der Waals surface area contributed by atoms with Crippen LogP contribution >= 0.6 is 0 Å². The third-order valence-electron chi connectivity index (χ3n) is 13.5. The highest BCUT2D eigenvalue weighted by atomic mass is 15.3. The SMILES string of the molecule is C1=CCC(C2C(C3C=CC=C(c4cccc5c4-c4ccccc4C54c5ccccc5-c5ccccc54)C3)c3ccccc3-c3c(-c4ccccc4)cnn32)C=C1. The van der Waals surface area contributed by atoms with E-state index < -0.39 is 0 Å². The lowest BCUT2D eigenvalue weighted by molar-refractivity contribution is 0.255. The maximum absolute atomic E-state index is 5.28. The summed E-state index contributed by atoms with van der Waals surface area (Å²) in [6.07, 6.45) is 20.5. The summed E-state index contributed by atoms with van der Waals surface area (Å²) in [5.74, 6) is 0.860. The molecule has 4 aliphatic carbocycles. The van der Waals surface area contributed by atoms with Crippen LogP contribution in [-0.2, 0) is 5.41 Å². The normalized spacial score (nSPS) is 21.5. The van der Waals surface area contributed by atoms with Gasteiger partial charge in [-0.1, -0.05) is 188 Å². The predicted octanol–water partition coefficient (Wildman–Crippen LogP) is 13.0. The molecular weight excluding hydrogens is 677 g/mol. The molecule has 1 spiro atoms. The molecule has 0 amide bonds. The lowest BCUT2D eigenvalue weighted by Crippen LogP contribution is -2.34. The highest BCUT2D eigenvalue weighted by Crippen LogP contribution is 2.64. The van der Waals surface area contributed by atoms with Gasteiger partial charge in [0.05, 0.1) is 23.3 Å². The van der Waals surface area contributed by atoms with Gasteiger partial charge >= 0.3 is 0 Å². The first-order chi connectivity index (χ1) is 27.8. The van der Waals surface area contributed by atoms with Crippen LogP contribution in [0.4, 0.5) is 0 Å². The van der Waals surface area contributed by atoms with E-state index in [-0.39, 0.29) is 23.3 Å². The molecular formula is C54H40N2. The second kappa shape index (κ2) is 12.2. The molecule has 5 aliphatic rings. The van der Waals surface area contributed by atoms with Crippen molar-refractivity contribution in [1.29, 1.82) is 0 Å². The van der Waals surface area contributed by atoms with Gasteiger partial charge in [0, 0.05) is 23.0 Å². The van der Waals surface area contributed by atoms with E-state index in [0.717, 1.165) is 12.8 Å². The van der Waals surface area contributed by atoms with Gasteiger partial charge in [0.1, 0.15) is 0 Å². The van der Waals surface area contributed by atoms with Gasteiger partial charge in [0.2, 0.25) is 0 Å². The largest absolute Gasteiger partial charge is 0.260 e. The molecule has 1 aromatic heterocycles. The molecule has 1 aliphatic heterocycles. The standard InChI is InChI=1S/C54H40N2/c1-3-17-35(18-4-1)45-34-55-56-52(36-19-5-2-6-20-36)50(42-25-7-8-26-43(42)53(45)56)38-22-15-21-37(33-38)39-28-16-32-49-51(39)44-27-11-14-31-48(44)54(49)46-29-12-9-23-40(46)41-24-10-13-30-47(41)54/h1-19,21-32,34,36,38,50,52H,20,33H2. The summed E-state index contributed by atoms with van der Waals surface area (Å²) in [6.45, 7) is 0. The Balaban J connectivity index is 1.01. The zero-order chi connectivity index (χ0) is 36.8. The number of fused-ring (bicyclic) bond motifs is 13. The Morgan fingerprint density at radius 3 is 1.89 bits per heavy atom. The fourth-order valence-electron chi connectivity index (χ4n) is 11.4. The van der Waals surface area contributed by atoms with Gasteiger partial charge in [-0.2, -0.15) is 5.10 Å². The van der Waals surface area contributed by atoms with Crippen molar-refractivity contribution in [3.8, 4) is 44.6 Å². The highest BCUT2D eigenvalue weighted by Gasteiger charge is 2.52. The minimum Gasteiger partial charge on any atom is -0.260 e. The van der Waals surface area contributed by atoms with Crippen molar-refractivity contribution in [2.75, 3.05) is 0 Å². The summed E-state index contributed by atoms with van der Waals surface area (Å²) < 4.78 is 2.41. The van der Waals surface area contributed by atoms with Crippen molar-refractivity contribution in [1.82, 2.24) is 9.78 Å². The van der Waals surface area contributed by atoms with Crippen molar-refractivity contribution in [3.63, 3.8) is 0 Å². The molecule has 56 heavy (non-hydrogen) atoms. The lowest BCUT2D eigenvalue weighted by Gasteiger charge is -2.43. The number of nitrogens with zero attached hydrogens (tertiary/aromatic N) is 2. The molecule has 0 saturated heterocycles. The second-order valence-electron chi connectivity index (χ2n) is 16.1. The number of hydrogen-bond donors (Lipinski definition) is 0. The van der Waals surface area contributed by atoms with Gasteiger partial charge in [0.15, 0.2) is 0 Å². The number of aromatic nitrogens is 2.